The lowest BCUT2D eigenvalue weighted by Gasteiger charge is -2.26. The van der Waals surface area contributed by atoms with Crippen molar-refractivity contribution in [3.63, 3.8) is 0 Å². The molecule has 3 nitrogen and oxygen atoms in total. The maximum Gasteiger partial charge on any atom is 0.257 e. The van der Waals surface area contributed by atoms with E-state index in [2.05, 4.69) is 0 Å². The molecule has 4 heteroatoms. The maximum absolute atomic E-state index is 13.7. The number of hydrogen-bond donors (Lipinski definition) is 1. The zero-order valence-corrected chi connectivity index (χ0v) is 10.5. The molecule has 1 aromatic carbocycles. The Labute approximate surface area is 101 Å². The number of halogens is 1. The molecule has 1 rings (SSSR count). The van der Waals surface area contributed by atoms with Gasteiger partial charge in [-0.2, -0.15) is 0 Å². The van der Waals surface area contributed by atoms with Crippen molar-refractivity contribution >= 4 is 5.91 Å². The van der Waals surface area contributed by atoms with Crippen LogP contribution in [0.25, 0.3) is 0 Å². The van der Waals surface area contributed by atoms with Crippen LogP contribution in [-0.4, -0.2) is 29.9 Å². The van der Waals surface area contributed by atoms with Crippen LogP contribution in [0.4, 0.5) is 4.39 Å². The zero-order valence-electron chi connectivity index (χ0n) is 10.5. The van der Waals surface area contributed by atoms with Crippen LogP contribution >= 0.6 is 0 Å². The van der Waals surface area contributed by atoms with Gasteiger partial charge in [0.1, 0.15) is 5.82 Å². The molecule has 0 spiro atoms. The summed E-state index contributed by atoms with van der Waals surface area (Å²) in [5, 5.41) is 0. The van der Waals surface area contributed by atoms with Crippen LogP contribution in [0.2, 0.25) is 0 Å². The fraction of sp³-hybridized carbons (Fsp3) is 0.462. The molecule has 0 aliphatic rings. The molecule has 0 aliphatic heterocycles. The minimum absolute atomic E-state index is 0.00625. The minimum Gasteiger partial charge on any atom is -0.335 e. The number of benzene rings is 1. The van der Waals surface area contributed by atoms with E-state index in [1.54, 1.807) is 17.9 Å². The molecule has 0 saturated heterocycles. The largest absolute Gasteiger partial charge is 0.335 e. The van der Waals surface area contributed by atoms with Crippen LogP contribution in [0.3, 0.4) is 0 Å². The number of aryl methyl sites for hydroxylation is 1. The second kappa shape index (κ2) is 5.77. The number of hydrogen-bond acceptors (Lipinski definition) is 2. The molecule has 17 heavy (non-hydrogen) atoms. The lowest BCUT2D eigenvalue weighted by atomic mass is 10.1. The van der Waals surface area contributed by atoms with Crippen LogP contribution in [0.1, 0.15) is 29.8 Å². The van der Waals surface area contributed by atoms with Gasteiger partial charge in [0.25, 0.3) is 5.91 Å². The summed E-state index contributed by atoms with van der Waals surface area (Å²) in [6.07, 6.45) is 0. The average molecular weight is 238 g/mol. The topological polar surface area (TPSA) is 46.3 Å². The molecular weight excluding hydrogens is 219 g/mol. The van der Waals surface area contributed by atoms with E-state index in [1.807, 2.05) is 13.8 Å². The zero-order chi connectivity index (χ0) is 13.0. The van der Waals surface area contributed by atoms with E-state index in [0.717, 1.165) is 5.56 Å². The predicted molar refractivity (Wildman–Crippen MR) is 66.4 cm³/mol. The standard InChI is InChI=1S/C13H19FN2O/c1-9(2)16(7-6-15)13(17)11-5-4-10(3)8-12(11)14/h4-5,8-9H,6-7,15H2,1-3H3. The molecule has 1 aromatic rings. The highest BCUT2D eigenvalue weighted by atomic mass is 19.1. The Morgan fingerprint density at radius 1 is 1.47 bits per heavy atom. The number of rotatable bonds is 4. The lowest BCUT2D eigenvalue weighted by Crippen LogP contribution is -2.40. The number of amides is 1. The SMILES string of the molecule is Cc1ccc(C(=O)N(CCN)C(C)C)c(F)c1. The second-order valence-electron chi connectivity index (χ2n) is 4.36. The fourth-order valence-electron chi connectivity index (χ4n) is 1.68. The van der Waals surface area contributed by atoms with Crippen LogP contribution in [0.5, 0.6) is 0 Å². The quantitative estimate of drug-likeness (QED) is 0.871. The van der Waals surface area contributed by atoms with E-state index in [1.165, 1.54) is 12.1 Å². The number of nitrogens with two attached hydrogens (primary N) is 1. The third-order valence-corrected chi connectivity index (χ3v) is 2.61. The molecule has 2 N–H and O–H groups in total. The average Bonchev–Trinajstić information content (AvgIpc) is 2.24. The van der Waals surface area contributed by atoms with Gasteiger partial charge in [0.15, 0.2) is 0 Å². The molecule has 0 atom stereocenters. The molecule has 0 bridgehead atoms. The molecule has 0 heterocycles. The molecule has 0 unspecified atom stereocenters. The first-order valence-corrected chi connectivity index (χ1v) is 5.74. The van der Waals surface area contributed by atoms with E-state index in [-0.39, 0.29) is 17.5 Å². The van der Waals surface area contributed by atoms with Gasteiger partial charge in [-0.25, -0.2) is 4.39 Å². The summed E-state index contributed by atoms with van der Waals surface area (Å²) in [5.41, 5.74) is 6.37. The normalized spacial score (nSPS) is 10.7. The Hall–Kier alpha value is -1.42. The van der Waals surface area contributed by atoms with Crippen molar-refractivity contribution in [1.29, 1.82) is 0 Å². The van der Waals surface area contributed by atoms with Crippen molar-refractivity contribution in [2.45, 2.75) is 26.8 Å². The fourth-order valence-corrected chi connectivity index (χ4v) is 1.68. The highest BCUT2D eigenvalue weighted by Gasteiger charge is 2.20. The first-order chi connectivity index (χ1) is 7.97. The molecule has 0 aromatic heterocycles. The van der Waals surface area contributed by atoms with Crippen LogP contribution in [-0.2, 0) is 0 Å². The van der Waals surface area contributed by atoms with Gasteiger partial charge in [0.2, 0.25) is 0 Å². The van der Waals surface area contributed by atoms with Gasteiger partial charge in [-0.3, -0.25) is 4.79 Å². The first kappa shape index (κ1) is 13.6. The van der Waals surface area contributed by atoms with E-state index in [9.17, 15) is 9.18 Å². The van der Waals surface area contributed by atoms with Gasteiger partial charge < -0.3 is 10.6 Å². The monoisotopic (exact) mass is 238 g/mol. The smallest absolute Gasteiger partial charge is 0.257 e. The Morgan fingerprint density at radius 2 is 2.12 bits per heavy atom. The predicted octanol–water partition coefficient (Wildman–Crippen LogP) is 1.94. The maximum atomic E-state index is 13.7. The highest BCUT2D eigenvalue weighted by molar-refractivity contribution is 5.94. The molecule has 0 radical (unpaired) electrons. The molecular formula is C13H19FN2O. The summed E-state index contributed by atoms with van der Waals surface area (Å²) >= 11 is 0. The molecule has 0 fully saturated rings. The van der Waals surface area contributed by atoms with Gasteiger partial charge in [0.05, 0.1) is 5.56 Å². The van der Waals surface area contributed by atoms with Gasteiger partial charge >= 0.3 is 0 Å². The Bertz CT molecular complexity index is 404. The van der Waals surface area contributed by atoms with Crippen LogP contribution in [0, 0.1) is 12.7 Å². The molecule has 0 saturated carbocycles. The summed E-state index contributed by atoms with van der Waals surface area (Å²) < 4.78 is 13.7. The minimum atomic E-state index is -0.474. The number of carbonyl (C=O) groups excluding carboxylic acids is 1. The van der Waals surface area contributed by atoms with Crippen molar-refractivity contribution in [2.75, 3.05) is 13.1 Å². The lowest BCUT2D eigenvalue weighted by molar-refractivity contribution is 0.0707. The first-order valence-electron chi connectivity index (χ1n) is 5.74. The summed E-state index contributed by atoms with van der Waals surface area (Å²) in [4.78, 5) is 13.7. The third-order valence-electron chi connectivity index (χ3n) is 2.61. The molecule has 94 valence electrons. The Kier molecular flexibility index (Phi) is 4.63. The summed E-state index contributed by atoms with van der Waals surface area (Å²) in [6, 6.07) is 4.64. The summed E-state index contributed by atoms with van der Waals surface area (Å²) in [5.74, 6) is -0.777. The van der Waals surface area contributed by atoms with E-state index < -0.39 is 5.82 Å². The van der Waals surface area contributed by atoms with Crippen molar-refractivity contribution in [1.82, 2.24) is 4.90 Å². The van der Waals surface area contributed by atoms with Gasteiger partial charge in [0, 0.05) is 19.1 Å². The Morgan fingerprint density at radius 3 is 2.59 bits per heavy atom. The van der Waals surface area contributed by atoms with Crippen LogP contribution in [0.15, 0.2) is 18.2 Å². The van der Waals surface area contributed by atoms with Crippen LogP contribution < -0.4 is 5.73 Å². The van der Waals surface area contributed by atoms with E-state index in [0.29, 0.717) is 13.1 Å². The summed E-state index contributed by atoms with van der Waals surface area (Å²) in [6.45, 7) is 6.37. The highest BCUT2D eigenvalue weighted by Crippen LogP contribution is 2.14. The third kappa shape index (κ3) is 3.27. The molecule has 0 aliphatic carbocycles. The van der Waals surface area contributed by atoms with Gasteiger partial charge in [-0.15, -0.1) is 0 Å². The van der Waals surface area contributed by atoms with Gasteiger partial charge in [-0.1, -0.05) is 6.07 Å². The molecule has 1 amide bonds. The number of nitrogens with zero attached hydrogens (tertiary/aromatic N) is 1. The number of carbonyl (C=O) groups is 1. The van der Waals surface area contributed by atoms with Gasteiger partial charge in [-0.05, 0) is 38.5 Å². The van der Waals surface area contributed by atoms with E-state index in [4.69, 9.17) is 5.73 Å². The Balaban J connectivity index is 3.01. The second-order valence-corrected chi connectivity index (χ2v) is 4.36. The van der Waals surface area contributed by atoms with Crippen molar-refractivity contribution in [3.8, 4) is 0 Å². The van der Waals surface area contributed by atoms with Crippen molar-refractivity contribution < 1.29 is 9.18 Å². The summed E-state index contributed by atoms with van der Waals surface area (Å²) in [7, 11) is 0. The van der Waals surface area contributed by atoms with E-state index >= 15 is 0 Å². The van der Waals surface area contributed by atoms with Crippen molar-refractivity contribution in [2.24, 2.45) is 5.73 Å². The van der Waals surface area contributed by atoms with Crippen molar-refractivity contribution in [3.05, 3.63) is 35.1 Å².